The highest BCUT2D eigenvalue weighted by Crippen LogP contribution is 2.12. The predicted octanol–water partition coefficient (Wildman–Crippen LogP) is 2.44. The number of hydrogen-bond acceptors (Lipinski definition) is 6. The van der Waals surface area contributed by atoms with Crippen molar-refractivity contribution in [3.8, 4) is 5.75 Å². The normalized spacial score (nSPS) is 10.4. The molecule has 1 N–H and O–H groups in total. The van der Waals surface area contributed by atoms with Gasteiger partial charge < -0.3 is 4.74 Å². The maximum Gasteiger partial charge on any atom is 0.287 e. The number of ether oxygens (including phenoxy) is 1. The van der Waals surface area contributed by atoms with Crippen molar-refractivity contribution in [1.82, 2.24) is 4.98 Å². The van der Waals surface area contributed by atoms with E-state index in [0.717, 1.165) is 11.3 Å². The molecular formula is C13H12N4O3. The van der Waals surface area contributed by atoms with Crippen LogP contribution in [-0.2, 0) is 0 Å². The van der Waals surface area contributed by atoms with Gasteiger partial charge in [0, 0.05) is 6.07 Å². The third-order valence-electron chi connectivity index (χ3n) is 2.47. The Labute approximate surface area is 115 Å². The van der Waals surface area contributed by atoms with Crippen LogP contribution in [-0.4, -0.2) is 23.2 Å². The highest BCUT2D eigenvalue weighted by molar-refractivity contribution is 5.80. The van der Waals surface area contributed by atoms with Gasteiger partial charge in [0.25, 0.3) is 5.69 Å². The Morgan fingerprint density at radius 2 is 2.05 bits per heavy atom. The number of pyridine rings is 1. The summed E-state index contributed by atoms with van der Waals surface area (Å²) < 4.78 is 5.05. The van der Waals surface area contributed by atoms with E-state index >= 15 is 0 Å². The average Bonchev–Trinajstić information content (AvgIpc) is 2.48. The Bertz CT molecular complexity index is 609. The van der Waals surface area contributed by atoms with Crippen molar-refractivity contribution >= 4 is 17.7 Å². The summed E-state index contributed by atoms with van der Waals surface area (Å²) in [6.45, 7) is 0. The van der Waals surface area contributed by atoms with Crippen LogP contribution in [0.3, 0.4) is 0 Å². The van der Waals surface area contributed by atoms with Gasteiger partial charge >= 0.3 is 0 Å². The molecule has 0 aliphatic rings. The zero-order valence-corrected chi connectivity index (χ0v) is 10.7. The van der Waals surface area contributed by atoms with E-state index in [0.29, 0.717) is 5.82 Å². The second kappa shape index (κ2) is 6.28. The topological polar surface area (TPSA) is 89.6 Å². The molecule has 1 aromatic heterocycles. The first kappa shape index (κ1) is 13.5. The number of nitrogens with one attached hydrogen (secondary N) is 1. The Hall–Kier alpha value is -2.96. The molecule has 7 heteroatoms. The van der Waals surface area contributed by atoms with Crippen LogP contribution in [0.15, 0.2) is 47.7 Å². The summed E-state index contributed by atoms with van der Waals surface area (Å²) in [5, 5.41) is 14.5. The molecule has 2 rings (SSSR count). The summed E-state index contributed by atoms with van der Waals surface area (Å²) in [7, 11) is 1.60. The quantitative estimate of drug-likeness (QED) is 0.513. The summed E-state index contributed by atoms with van der Waals surface area (Å²) in [5.74, 6) is 1.20. The molecule has 0 spiro atoms. The molecule has 0 aliphatic carbocycles. The van der Waals surface area contributed by atoms with Crippen molar-refractivity contribution in [1.29, 1.82) is 0 Å². The molecule has 7 nitrogen and oxygen atoms in total. The first-order chi connectivity index (χ1) is 9.69. The molecule has 0 aliphatic heterocycles. The number of hydrazone groups is 1. The van der Waals surface area contributed by atoms with Gasteiger partial charge in [0.2, 0.25) is 0 Å². The number of anilines is 1. The number of methoxy groups -OCH3 is 1. The van der Waals surface area contributed by atoms with Crippen LogP contribution in [0.5, 0.6) is 5.75 Å². The fraction of sp³-hybridized carbons (Fsp3) is 0.0769. The minimum absolute atomic E-state index is 0.0605. The van der Waals surface area contributed by atoms with Crippen molar-refractivity contribution in [2.45, 2.75) is 0 Å². The van der Waals surface area contributed by atoms with E-state index in [4.69, 9.17) is 4.74 Å². The lowest BCUT2D eigenvalue weighted by Crippen LogP contribution is -1.95. The van der Waals surface area contributed by atoms with E-state index in [1.165, 1.54) is 18.3 Å². The van der Waals surface area contributed by atoms with Gasteiger partial charge in [-0.15, -0.1) is 0 Å². The smallest absolute Gasteiger partial charge is 0.287 e. The fourth-order valence-corrected chi connectivity index (χ4v) is 1.42. The van der Waals surface area contributed by atoms with Crippen LogP contribution in [0, 0.1) is 10.1 Å². The minimum atomic E-state index is -0.503. The zero-order chi connectivity index (χ0) is 14.4. The number of hydrogen-bond donors (Lipinski definition) is 1. The molecule has 0 amide bonds. The van der Waals surface area contributed by atoms with Gasteiger partial charge in [0.05, 0.1) is 18.2 Å². The lowest BCUT2D eigenvalue weighted by Gasteiger charge is -2.00. The molecule has 0 radical (unpaired) electrons. The predicted molar refractivity (Wildman–Crippen MR) is 75.1 cm³/mol. The first-order valence-electron chi connectivity index (χ1n) is 5.72. The second-order valence-corrected chi connectivity index (χ2v) is 3.80. The van der Waals surface area contributed by atoms with Gasteiger partial charge in [-0.05, 0) is 35.9 Å². The van der Waals surface area contributed by atoms with Crippen molar-refractivity contribution in [3.63, 3.8) is 0 Å². The summed E-state index contributed by atoms with van der Waals surface area (Å²) in [4.78, 5) is 13.8. The van der Waals surface area contributed by atoms with Crippen LogP contribution in [0.2, 0.25) is 0 Å². The highest BCUT2D eigenvalue weighted by Gasteiger charge is 2.04. The lowest BCUT2D eigenvalue weighted by atomic mass is 10.2. The van der Waals surface area contributed by atoms with Gasteiger partial charge in [-0.2, -0.15) is 5.10 Å². The maximum absolute atomic E-state index is 10.5. The minimum Gasteiger partial charge on any atom is -0.497 e. The monoisotopic (exact) mass is 272 g/mol. The third-order valence-corrected chi connectivity index (χ3v) is 2.47. The number of aromatic nitrogens is 1. The van der Waals surface area contributed by atoms with Gasteiger partial charge in [-0.3, -0.25) is 15.5 Å². The molecule has 102 valence electrons. The third kappa shape index (κ3) is 3.52. The fourth-order valence-electron chi connectivity index (χ4n) is 1.42. The van der Waals surface area contributed by atoms with E-state index in [-0.39, 0.29) is 5.69 Å². The number of nitro groups is 1. The molecule has 1 heterocycles. The lowest BCUT2D eigenvalue weighted by molar-refractivity contribution is -0.385. The van der Waals surface area contributed by atoms with E-state index in [1.807, 2.05) is 24.3 Å². The van der Waals surface area contributed by atoms with Crippen LogP contribution in [0.25, 0.3) is 0 Å². The molecule has 20 heavy (non-hydrogen) atoms. The van der Waals surface area contributed by atoms with Crippen LogP contribution >= 0.6 is 0 Å². The summed E-state index contributed by atoms with van der Waals surface area (Å²) >= 11 is 0. The zero-order valence-electron chi connectivity index (χ0n) is 10.7. The number of benzene rings is 1. The Kier molecular flexibility index (Phi) is 4.23. The first-order valence-corrected chi connectivity index (χ1v) is 5.72. The van der Waals surface area contributed by atoms with Crippen molar-refractivity contribution in [2.75, 3.05) is 12.5 Å². The molecule has 2 aromatic rings. The molecule has 0 unspecified atom stereocenters. The summed E-state index contributed by atoms with van der Waals surface area (Å²) in [6, 6.07) is 10.2. The van der Waals surface area contributed by atoms with Gasteiger partial charge in [-0.25, -0.2) is 4.98 Å². The molecule has 1 aromatic carbocycles. The van der Waals surface area contributed by atoms with Crippen molar-refractivity contribution in [2.24, 2.45) is 5.10 Å². The van der Waals surface area contributed by atoms with Crippen LogP contribution in [0.1, 0.15) is 5.56 Å². The number of nitrogens with zero attached hydrogens (tertiary/aromatic N) is 3. The standard InChI is InChI=1S/C13H12N4O3/c1-20-12-5-2-10(3-6-12)8-15-16-13-7-4-11(9-14-13)17(18)19/h2-9H,1H3,(H,14,16). The maximum atomic E-state index is 10.5. The SMILES string of the molecule is COc1ccc(C=NNc2ccc([N+](=O)[O-])cn2)cc1. The van der Waals surface area contributed by atoms with E-state index in [2.05, 4.69) is 15.5 Å². The average molecular weight is 272 g/mol. The Morgan fingerprint density at radius 1 is 1.30 bits per heavy atom. The van der Waals surface area contributed by atoms with Gasteiger partial charge in [0.1, 0.15) is 17.8 Å². The summed E-state index contributed by atoms with van der Waals surface area (Å²) in [5.41, 5.74) is 3.52. The molecule has 0 saturated heterocycles. The van der Waals surface area contributed by atoms with Gasteiger partial charge in [-0.1, -0.05) is 0 Å². The van der Waals surface area contributed by atoms with Crippen LogP contribution in [0.4, 0.5) is 11.5 Å². The van der Waals surface area contributed by atoms with E-state index in [9.17, 15) is 10.1 Å². The summed E-state index contributed by atoms with van der Waals surface area (Å²) in [6.07, 6.45) is 2.79. The number of rotatable bonds is 5. The Morgan fingerprint density at radius 3 is 2.60 bits per heavy atom. The van der Waals surface area contributed by atoms with Gasteiger partial charge in [0.15, 0.2) is 0 Å². The largest absolute Gasteiger partial charge is 0.497 e. The van der Waals surface area contributed by atoms with Crippen molar-refractivity contribution in [3.05, 3.63) is 58.3 Å². The van der Waals surface area contributed by atoms with E-state index in [1.54, 1.807) is 13.3 Å². The Balaban J connectivity index is 1.96. The molecule has 0 bridgehead atoms. The second-order valence-electron chi connectivity index (χ2n) is 3.80. The van der Waals surface area contributed by atoms with Crippen molar-refractivity contribution < 1.29 is 9.66 Å². The highest BCUT2D eigenvalue weighted by atomic mass is 16.6. The molecule has 0 saturated carbocycles. The molecule has 0 fully saturated rings. The molecule has 0 atom stereocenters. The molecular weight excluding hydrogens is 260 g/mol. The van der Waals surface area contributed by atoms with Crippen LogP contribution < -0.4 is 10.2 Å². The van der Waals surface area contributed by atoms with E-state index < -0.39 is 4.92 Å².